The van der Waals surface area contributed by atoms with Crippen molar-refractivity contribution in [1.29, 1.82) is 0 Å². The molecule has 3 nitrogen and oxygen atoms in total. The highest BCUT2D eigenvalue weighted by Crippen LogP contribution is 2.46. The molecule has 0 unspecified atom stereocenters. The molecule has 1 aromatic heterocycles. The highest BCUT2D eigenvalue weighted by molar-refractivity contribution is 6.14. The van der Waals surface area contributed by atoms with E-state index < -0.39 is 0 Å². The molecule has 0 spiro atoms. The fourth-order valence-electron chi connectivity index (χ4n) is 4.24. The van der Waals surface area contributed by atoms with Gasteiger partial charge in [-0.15, -0.1) is 0 Å². The molecule has 4 aromatic rings. The van der Waals surface area contributed by atoms with E-state index in [1.165, 1.54) is 18.2 Å². The second-order valence-corrected chi connectivity index (χ2v) is 8.33. The van der Waals surface area contributed by atoms with Gasteiger partial charge in [0.05, 0.1) is 10.9 Å². The quantitative estimate of drug-likeness (QED) is 0.390. The van der Waals surface area contributed by atoms with Crippen LogP contribution in [0.3, 0.4) is 0 Å². The van der Waals surface area contributed by atoms with Gasteiger partial charge in [0.1, 0.15) is 24.0 Å². The van der Waals surface area contributed by atoms with Crippen molar-refractivity contribution in [2.75, 3.05) is 27.2 Å². The molecule has 1 heterocycles. The Kier molecular flexibility index (Phi) is 5.71. The van der Waals surface area contributed by atoms with E-state index >= 15 is 0 Å². The molecule has 31 heavy (non-hydrogen) atoms. The molecule has 0 bridgehead atoms. The van der Waals surface area contributed by atoms with Crippen LogP contribution in [0.15, 0.2) is 36.4 Å². The molecule has 0 saturated carbocycles. The Bertz CT molecular complexity index is 1270. The van der Waals surface area contributed by atoms with Crippen molar-refractivity contribution in [2.45, 2.75) is 27.2 Å². The number of aromatic amines is 1. The number of halogens is 2. The van der Waals surface area contributed by atoms with Gasteiger partial charge >= 0.3 is 0 Å². The zero-order valence-electron chi connectivity index (χ0n) is 18.7. The Morgan fingerprint density at radius 1 is 0.968 bits per heavy atom. The molecule has 3 aromatic carbocycles. The predicted octanol–water partition coefficient (Wildman–Crippen LogP) is 6.39. The van der Waals surface area contributed by atoms with Gasteiger partial charge in [-0.1, -0.05) is 13.0 Å². The topological polar surface area (TPSA) is 28.3 Å². The van der Waals surface area contributed by atoms with Crippen LogP contribution >= 0.6 is 0 Å². The van der Waals surface area contributed by atoms with Crippen molar-refractivity contribution in [3.8, 4) is 16.9 Å². The lowest BCUT2D eigenvalue weighted by Crippen LogP contribution is -2.19. The average molecular weight is 423 g/mol. The summed E-state index contributed by atoms with van der Waals surface area (Å²) in [7, 11) is 3.98. The first kappa shape index (κ1) is 21.3. The largest absolute Gasteiger partial charge is 0.491 e. The summed E-state index contributed by atoms with van der Waals surface area (Å²) in [4.78, 5) is 5.49. The van der Waals surface area contributed by atoms with E-state index in [0.717, 1.165) is 62.6 Å². The molecule has 0 amide bonds. The number of aromatic nitrogens is 1. The van der Waals surface area contributed by atoms with Crippen LogP contribution in [-0.2, 0) is 6.42 Å². The first-order valence-corrected chi connectivity index (χ1v) is 10.6. The lowest BCUT2D eigenvalue weighted by molar-refractivity contribution is 0.264. The molecule has 1 N–H and O–H groups in total. The number of nitrogens with one attached hydrogen (secondary N) is 1. The predicted molar refractivity (Wildman–Crippen MR) is 124 cm³/mol. The molecule has 0 aliphatic heterocycles. The van der Waals surface area contributed by atoms with Crippen molar-refractivity contribution in [3.63, 3.8) is 0 Å². The minimum absolute atomic E-state index is 0.284. The van der Waals surface area contributed by atoms with Crippen molar-refractivity contribution in [3.05, 3.63) is 64.7 Å². The Morgan fingerprint density at radius 3 is 2.39 bits per heavy atom. The normalized spacial score (nSPS) is 11.7. The molecule has 0 saturated heterocycles. The van der Waals surface area contributed by atoms with Gasteiger partial charge in [-0.2, -0.15) is 0 Å². The van der Waals surface area contributed by atoms with Crippen LogP contribution in [0.2, 0.25) is 0 Å². The van der Waals surface area contributed by atoms with Crippen molar-refractivity contribution in [1.82, 2.24) is 9.88 Å². The van der Waals surface area contributed by atoms with Gasteiger partial charge in [0.25, 0.3) is 0 Å². The molecule has 0 atom stereocenters. The molecule has 162 valence electrons. The van der Waals surface area contributed by atoms with Gasteiger partial charge < -0.3 is 14.6 Å². The number of aryl methyl sites for hydroxylation is 2. The lowest BCUT2D eigenvalue weighted by atomic mass is 9.89. The van der Waals surface area contributed by atoms with Crippen LogP contribution in [0.1, 0.15) is 23.6 Å². The van der Waals surface area contributed by atoms with Crippen LogP contribution in [0.25, 0.3) is 32.9 Å². The number of rotatable bonds is 6. The molecular weight excluding hydrogens is 394 g/mol. The second-order valence-electron chi connectivity index (χ2n) is 8.33. The summed E-state index contributed by atoms with van der Waals surface area (Å²) in [6.45, 7) is 7.34. The van der Waals surface area contributed by atoms with Gasteiger partial charge in [0.15, 0.2) is 0 Å². The fraction of sp³-hybridized carbons (Fsp3) is 0.308. The van der Waals surface area contributed by atoms with Crippen molar-refractivity contribution >= 4 is 21.8 Å². The number of likely N-dealkylation sites (N-methyl/N-ethyl adjacent to an activating group) is 1. The van der Waals surface area contributed by atoms with Gasteiger partial charge in [-0.25, -0.2) is 8.78 Å². The van der Waals surface area contributed by atoms with Crippen LogP contribution < -0.4 is 4.74 Å². The Hall–Kier alpha value is -2.92. The van der Waals surface area contributed by atoms with Gasteiger partial charge in [-0.05, 0) is 86.9 Å². The zero-order valence-corrected chi connectivity index (χ0v) is 18.7. The summed E-state index contributed by atoms with van der Waals surface area (Å²) in [6.07, 6.45) is 0.770. The molecular formula is C26H28F2N2O. The molecule has 5 heteroatoms. The summed E-state index contributed by atoms with van der Waals surface area (Å²) in [5.74, 6) is 0.0954. The molecule has 0 fully saturated rings. The van der Waals surface area contributed by atoms with Gasteiger partial charge in [-0.3, -0.25) is 0 Å². The maximum Gasteiger partial charge on any atom is 0.137 e. The maximum absolute atomic E-state index is 14.3. The highest BCUT2D eigenvalue weighted by Gasteiger charge is 2.23. The van der Waals surface area contributed by atoms with Crippen molar-refractivity contribution in [2.24, 2.45) is 0 Å². The first-order valence-electron chi connectivity index (χ1n) is 10.6. The van der Waals surface area contributed by atoms with E-state index in [9.17, 15) is 8.78 Å². The average Bonchev–Trinajstić information content (AvgIpc) is 3.10. The van der Waals surface area contributed by atoms with E-state index in [1.807, 2.05) is 38.9 Å². The third kappa shape index (κ3) is 3.79. The molecule has 0 aliphatic rings. The summed E-state index contributed by atoms with van der Waals surface area (Å²) in [6, 6.07) is 9.66. The summed E-state index contributed by atoms with van der Waals surface area (Å²) >= 11 is 0. The third-order valence-corrected chi connectivity index (χ3v) is 6.03. The standard InChI is InChI=1S/C26H28F2N2O/c1-6-17-7-8-18(27)13-20(17)23-15(2)16(3)25-24(26(23)31-12-11-30(4)5)21-14-19(28)9-10-22(21)29-25/h7-10,13-14,29H,6,11-12H2,1-5H3. The Balaban J connectivity index is 2.11. The number of nitrogens with zero attached hydrogens (tertiary/aromatic N) is 1. The number of ether oxygens (including phenoxy) is 1. The summed E-state index contributed by atoms with van der Waals surface area (Å²) in [5.41, 5.74) is 6.61. The minimum atomic E-state index is -0.299. The maximum atomic E-state index is 14.3. The smallest absolute Gasteiger partial charge is 0.137 e. The van der Waals surface area contributed by atoms with Crippen LogP contribution in [-0.4, -0.2) is 37.1 Å². The number of H-pyrrole nitrogens is 1. The number of hydrogen-bond acceptors (Lipinski definition) is 2. The van der Waals surface area contributed by atoms with E-state index in [0.29, 0.717) is 12.4 Å². The zero-order chi connectivity index (χ0) is 22.3. The van der Waals surface area contributed by atoms with Gasteiger partial charge in [0.2, 0.25) is 0 Å². The van der Waals surface area contributed by atoms with E-state index in [2.05, 4.69) is 11.9 Å². The molecule has 0 radical (unpaired) electrons. The Labute approximate surface area is 181 Å². The molecule has 0 aliphatic carbocycles. The van der Waals surface area contributed by atoms with E-state index in [1.54, 1.807) is 12.1 Å². The van der Waals surface area contributed by atoms with Crippen LogP contribution in [0.5, 0.6) is 5.75 Å². The lowest BCUT2D eigenvalue weighted by Gasteiger charge is -2.21. The number of fused-ring (bicyclic) bond motifs is 3. The highest BCUT2D eigenvalue weighted by atomic mass is 19.1. The van der Waals surface area contributed by atoms with Crippen LogP contribution in [0.4, 0.5) is 8.78 Å². The van der Waals surface area contributed by atoms with Gasteiger partial charge in [0, 0.05) is 23.0 Å². The van der Waals surface area contributed by atoms with E-state index in [4.69, 9.17) is 4.74 Å². The minimum Gasteiger partial charge on any atom is -0.491 e. The Morgan fingerprint density at radius 2 is 1.68 bits per heavy atom. The monoisotopic (exact) mass is 422 g/mol. The SMILES string of the molecule is CCc1ccc(F)cc1-c1c(C)c(C)c2[nH]c3ccc(F)cc3c2c1OCCN(C)C. The molecule has 4 rings (SSSR count). The van der Waals surface area contributed by atoms with Crippen LogP contribution in [0, 0.1) is 25.5 Å². The number of benzene rings is 3. The summed E-state index contributed by atoms with van der Waals surface area (Å²) in [5, 5.41) is 1.62. The third-order valence-electron chi connectivity index (χ3n) is 6.03. The fourth-order valence-corrected chi connectivity index (χ4v) is 4.24. The first-order chi connectivity index (χ1) is 14.8. The van der Waals surface area contributed by atoms with E-state index in [-0.39, 0.29) is 11.6 Å². The number of hydrogen-bond donors (Lipinski definition) is 1. The van der Waals surface area contributed by atoms with Crippen molar-refractivity contribution < 1.29 is 13.5 Å². The summed E-state index contributed by atoms with van der Waals surface area (Å²) < 4.78 is 34.9. The second kappa shape index (κ2) is 8.31.